The maximum absolute atomic E-state index is 6.23. The molecule has 1 aromatic heterocycles. The van der Waals surface area contributed by atoms with Crippen LogP contribution in [0.1, 0.15) is 22.7 Å². The van der Waals surface area contributed by atoms with Crippen molar-refractivity contribution in [1.82, 2.24) is 14.8 Å². The number of aromatic nitrogens is 3. The molecule has 4 nitrogen and oxygen atoms in total. The fourth-order valence-corrected chi connectivity index (χ4v) is 2.76. The van der Waals surface area contributed by atoms with E-state index in [-0.39, 0.29) is 6.04 Å². The average molecular weight is 262 g/mol. The van der Waals surface area contributed by atoms with Gasteiger partial charge in [0.2, 0.25) is 0 Å². The minimum absolute atomic E-state index is 0.0206. The molecule has 1 heterocycles. The van der Waals surface area contributed by atoms with Gasteiger partial charge in [-0.05, 0) is 25.0 Å². The minimum atomic E-state index is 0.0206. The first-order chi connectivity index (χ1) is 8.58. The second-order valence-corrected chi connectivity index (χ2v) is 5.49. The second-order valence-electron chi connectivity index (χ2n) is 4.50. The van der Waals surface area contributed by atoms with Gasteiger partial charge in [-0.15, -0.1) is 10.2 Å². The van der Waals surface area contributed by atoms with Crippen molar-refractivity contribution < 1.29 is 0 Å². The highest BCUT2D eigenvalue weighted by molar-refractivity contribution is 7.99. The van der Waals surface area contributed by atoms with Crippen LogP contribution in [-0.2, 0) is 7.05 Å². The van der Waals surface area contributed by atoms with Crippen LogP contribution in [0.2, 0.25) is 0 Å². The molecule has 0 aliphatic rings. The van der Waals surface area contributed by atoms with Gasteiger partial charge in [0.05, 0.1) is 0 Å². The van der Waals surface area contributed by atoms with E-state index in [1.165, 1.54) is 16.7 Å². The van der Waals surface area contributed by atoms with E-state index in [9.17, 15) is 0 Å². The van der Waals surface area contributed by atoms with E-state index in [0.717, 1.165) is 10.9 Å². The number of thioether (sulfide) groups is 1. The molecule has 0 saturated heterocycles. The van der Waals surface area contributed by atoms with Crippen molar-refractivity contribution in [3.8, 4) is 0 Å². The quantitative estimate of drug-likeness (QED) is 0.858. The minimum Gasteiger partial charge on any atom is -0.323 e. The zero-order valence-corrected chi connectivity index (χ0v) is 11.7. The maximum Gasteiger partial charge on any atom is 0.190 e. The van der Waals surface area contributed by atoms with E-state index in [1.54, 1.807) is 18.1 Å². The summed E-state index contributed by atoms with van der Waals surface area (Å²) >= 11 is 1.63. The summed E-state index contributed by atoms with van der Waals surface area (Å²) < 4.78 is 1.90. The van der Waals surface area contributed by atoms with Crippen LogP contribution in [0.15, 0.2) is 29.7 Å². The first kappa shape index (κ1) is 13.1. The fraction of sp³-hybridized carbons (Fsp3) is 0.385. The Balaban J connectivity index is 2.03. The van der Waals surface area contributed by atoms with Gasteiger partial charge < -0.3 is 10.3 Å². The van der Waals surface area contributed by atoms with Crippen molar-refractivity contribution in [2.24, 2.45) is 12.8 Å². The predicted molar refractivity (Wildman–Crippen MR) is 74.6 cm³/mol. The first-order valence-corrected chi connectivity index (χ1v) is 6.86. The van der Waals surface area contributed by atoms with Gasteiger partial charge in [-0.25, -0.2) is 0 Å². The standard InChI is InChI=1S/C13H18N4S/c1-9-4-5-11(10(2)6-9)12(14)7-18-13-16-15-8-17(13)3/h4-6,8,12H,7,14H2,1-3H3. The highest BCUT2D eigenvalue weighted by Crippen LogP contribution is 2.23. The Morgan fingerprint density at radius 1 is 1.39 bits per heavy atom. The summed E-state index contributed by atoms with van der Waals surface area (Å²) in [5.74, 6) is 0.802. The lowest BCUT2D eigenvalue weighted by molar-refractivity contribution is 0.776. The molecule has 5 heteroatoms. The van der Waals surface area contributed by atoms with Crippen molar-refractivity contribution in [3.05, 3.63) is 41.2 Å². The molecule has 0 aliphatic carbocycles. The molecule has 0 saturated carbocycles. The van der Waals surface area contributed by atoms with Gasteiger partial charge in [-0.2, -0.15) is 0 Å². The van der Waals surface area contributed by atoms with Crippen LogP contribution in [0.3, 0.4) is 0 Å². The number of hydrogen-bond acceptors (Lipinski definition) is 4. The molecular weight excluding hydrogens is 244 g/mol. The molecule has 0 amide bonds. The molecule has 0 aliphatic heterocycles. The third kappa shape index (κ3) is 2.91. The lowest BCUT2D eigenvalue weighted by atomic mass is 10.0. The van der Waals surface area contributed by atoms with Crippen LogP contribution in [0.5, 0.6) is 0 Å². The van der Waals surface area contributed by atoms with Gasteiger partial charge in [0.25, 0.3) is 0 Å². The third-order valence-electron chi connectivity index (χ3n) is 2.89. The number of benzene rings is 1. The van der Waals surface area contributed by atoms with Crippen molar-refractivity contribution in [1.29, 1.82) is 0 Å². The lowest BCUT2D eigenvalue weighted by Crippen LogP contribution is -2.14. The number of nitrogens with two attached hydrogens (primary N) is 1. The van der Waals surface area contributed by atoms with E-state index in [0.29, 0.717) is 0 Å². The molecule has 1 atom stereocenters. The number of hydrogen-bond donors (Lipinski definition) is 1. The summed E-state index contributed by atoms with van der Waals surface area (Å²) in [6.45, 7) is 4.20. The Morgan fingerprint density at radius 2 is 2.17 bits per heavy atom. The van der Waals surface area contributed by atoms with Crippen LogP contribution in [0.4, 0.5) is 0 Å². The maximum atomic E-state index is 6.23. The van der Waals surface area contributed by atoms with E-state index in [1.807, 2.05) is 11.6 Å². The SMILES string of the molecule is Cc1ccc(C(N)CSc2nncn2C)c(C)c1. The summed E-state index contributed by atoms with van der Waals surface area (Å²) in [5.41, 5.74) is 9.96. The van der Waals surface area contributed by atoms with Gasteiger partial charge in [0.1, 0.15) is 6.33 Å². The van der Waals surface area contributed by atoms with Crippen LogP contribution in [-0.4, -0.2) is 20.5 Å². The van der Waals surface area contributed by atoms with E-state index in [4.69, 9.17) is 5.73 Å². The summed E-state index contributed by atoms with van der Waals surface area (Å²) in [4.78, 5) is 0. The number of aryl methyl sites for hydroxylation is 3. The average Bonchev–Trinajstić information content (AvgIpc) is 2.72. The van der Waals surface area contributed by atoms with Gasteiger partial charge in [0, 0.05) is 18.8 Å². The second kappa shape index (κ2) is 5.54. The first-order valence-electron chi connectivity index (χ1n) is 5.87. The molecule has 0 fully saturated rings. The largest absolute Gasteiger partial charge is 0.323 e. The van der Waals surface area contributed by atoms with Crippen molar-refractivity contribution in [3.63, 3.8) is 0 Å². The highest BCUT2D eigenvalue weighted by Gasteiger charge is 2.11. The van der Waals surface area contributed by atoms with Crippen LogP contribution < -0.4 is 5.73 Å². The highest BCUT2D eigenvalue weighted by atomic mass is 32.2. The fourth-order valence-electron chi connectivity index (χ4n) is 1.90. The molecule has 1 unspecified atom stereocenters. The Labute approximate surface area is 112 Å². The molecule has 18 heavy (non-hydrogen) atoms. The molecule has 2 N–H and O–H groups in total. The van der Waals surface area contributed by atoms with Gasteiger partial charge in [0.15, 0.2) is 5.16 Å². The molecule has 0 radical (unpaired) electrons. The molecule has 2 aromatic rings. The van der Waals surface area contributed by atoms with Crippen molar-refractivity contribution in [2.75, 3.05) is 5.75 Å². The topological polar surface area (TPSA) is 56.7 Å². The third-order valence-corrected chi connectivity index (χ3v) is 4.04. The molecule has 2 rings (SSSR count). The number of rotatable bonds is 4. The molecule has 0 spiro atoms. The Kier molecular flexibility index (Phi) is 4.04. The normalized spacial score (nSPS) is 12.7. The molecule has 96 valence electrons. The molecule has 1 aromatic carbocycles. The van der Waals surface area contributed by atoms with Crippen molar-refractivity contribution in [2.45, 2.75) is 25.0 Å². The van der Waals surface area contributed by atoms with Crippen molar-refractivity contribution >= 4 is 11.8 Å². The monoisotopic (exact) mass is 262 g/mol. The summed E-state index contributed by atoms with van der Waals surface area (Å²) in [7, 11) is 1.94. The Morgan fingerprint density at radius 3 is 2.78 bits per heavy atom. The van der Waals surface area contributed by atoms with Crippen LogP contribution in [0, 0.1) is 13.8 Å². The zero-order valence-electron chi connectivity index (χ0n) is 10.9. The molecule has 0 bridgehead atoms. The summed E-state index contributed by atoms with van der Waals surface area (Å²) in [6.07, 6.45) is 1.70. The zero-order chi connectivity index (χ0) is 13.1. The molecular formula is C13H18N4S. The predicted octanol–water partition coefficient (Wildman–Crippen LogP) is 2.22. The van der Waals surface area contributed by atoms with Gasteiger partial charge >= 0.3 is 0 Å². The Hall–Kier alpha value is -1.33. The van der Waals surface area contributed by atoms with Crippen LogP contribution >= 0.6 is 11.8 Å². The van der Waals surface area contributed by atoms with Crippen LogP contribution in [0.25, 0.3) is 0 Å². The number of nitrogens with zero attached hydrogens (tertiary/aromatic N) is 3. The van der Waals surface area contributed by atoms with E-state index >= 15 is 0 Å². The summed E-state index contributed by atoms with van der Waals surface area (Å²) in [6, 6.07) is 6.41. The van der Waals surface area contributed by atoms with E-state index < -0.39 is 0 Å². The smallest absolute Gasteiger partial charge is 0.190 e. The lowest BCUT2D eigenvalue weighted by Gasteiger charge is -2.14. The van der Waals surface area contributed by atoms with Gasteiger partial charge in [-0.1, -0.05) is 35.5 Å². The Bertz CT molecular complexity index is 536. The van der Waals surface area contributed by atoms with E-state index in [2.05, 4.69) is 42.2 Å². The van der Waals surface area contributed by atoms with Gasteiger partial charge in [-0.3, -0.25) is 0 Å². The summed E-state index contributed by atoms with van der Waals surface area (Å²) in [5, 5.41) is 8.79.